The summed E-state index contributed by atoms with van der Waals surface area (Å²) in [4.78, 5) is 29.8. The number of urea groups is 1. The number of amides is 3. The first-order valence-corrected chi connectivity index (χ1v) is 9.99. The van der Waals surface area contributed by atoms with Crippen molar-refractivity contribution in [1.29, 1.82) is 0 Å². The molecule has 0 aliphatic carbocycles. The average Bonchev–Trinajstić information content (AvgIpc) is 2.80. The van der Waals surface area contributed by atoms with E-state index in [0.29, 0.717) is 32.6 Å². The SMILES string of the molecule is CSc1ccc(CC(=O)N2CCCN(C(=O)NC(C)(C)C)CC2)cc1. The molecule has 25 heavy (non-hydrogen) atoms. The van der Waals surface area contributed by atoms with Gasteiger partial charge in [0.05, 0.1) is 6.42 Å². The van der Waals surface area contributed by atoms with Crippen LogP contribution in [-0.4, -0.2) is 59.7 Å². The van der Waals surface area contributed by atoms with Crippen LogP contribution in [0.2, 0.25) is 0 Å². The van der Waals surface area contributed by atoms with Crippen LogP contribution < -0.4 is 5.32 Å². The molecule has 0 atom stereocenters. The zero-order chi connectivity index (χ0) is 18.4. The molecule has 1 fully saturated rings. The summed E-state index contributed by atoms with van der Waals surface area (Å²) in [5.41, 5.74) is 0.788. The van der Waals surface area contributed by atoms with Crippen LogP contribution in [0, 0.1) is 0 Å². The Bertz CT molecular complexity index is 596. The van der Waals surface area contributed by atoms with Crippen LogP contribution in [0.1, 0.15) is 32.8 Å². The molecule has 0 spiro atoms. The normalized spacial score (nSPS) is 15.7. The standard InChI is InChI=1S/C19H29N3O2S/c1-19(2,3)20-18(24)22-11-5-10-21(12-13-22)17(23)14-15-6-8-16(25-4)9-7-15/h6-9H,5,10-14H2,1-4H3,(H,20,24). The summed E-state index contributed by atoms with van der Waals surface area (Å²) in [6.07, 6.45) is 3.27. The summed E-state index contributed by atoms with van der Waals surface area (Å²) in [6, 6.07) is 8.09. The van der Waals surface area contributed by atoms with Crippen molar-refractivity contribution in [2.75, 3.05) is 32.4 Å². The van der Waals surface area contributed by atoms with Gasteiger partial charge < -0.3 is 15.1 Å². The van der Waals surface area contributed by atoms with Gasteiger partial charge >= 0.3 is 6.03 Å². The maximum Gasteiger partial charge on any atom is 0.317 e. The number of carbonyl (C=O) groups is 2. The number of thioether (sulfide) groups is 1. The van der Waals surface area contributed by atoms with Gasteiger partial charge in [0.1, 0.15) is 0 Å². The Morgan fingerprint density at radius 1 is 1.04 bits per heavy atom. The Labute approximate surface area is 155 Å². The van der Waals surface area contributed by atoms with E-state index in [0.717, 1.165) is 12.0 Å². The highest BCUT2D eigenvalue weighted by molar-refractivity contribution is 7.98. The van der Waals surface area contributed by atoms with Crippen LogP contribution in [0.15, 0.2) is 29.2 Å². The molecule has 6 heteroatoms. The molecule has 1 aromatic rings. The first-order chi connectivity index (χ1) is 11.8. The van der Waals surface area contributed by atoms with E-state index >= 15 is 0 Å². The second-order valence-electron chi connectivity index (χ2n) is 7.43. The Balaban J connectivity index is 1.88. The Hall–Kier alpha value is -1.69. The van der Waals surface area contributed by atoms with Crippen molar-refractivity contribution in [3.05, 3.63) is 29.8 Å². The van der Waals surface area contributed by atoms with Gasteiger partial charge in [-0.25, -0.2) is 4.79 Å². The minimum absolute atomic E-state index is 0.0468. The third kappa shape index (κ3) is 6.27. The monoisotopic (exact) mass is 363 g/mol. The molecule has 0 aromatic heterocycles. The Morgan fingerprint density at radius 3 is 2.24 bits per heavy atom. The van der Waals surface area contributed by atoms with Crippen LogP contribution in [0.3, 0.4) is 0 Å². The second kappa shape index (κ2) is 8.61. The molecule has 0 unspecified atom stereocenters. The minimum Gasteiger partial charge on any atom is -0.341 e. The first-order valence-electron chi connectivity index (χ1n) is 8.76. The van der Waals surface area contributed by atoms with Gasteiger partial charge in [-0.2, -0.15) is 0 Å². The first kappa shape index (κ1) is 19.6. The summed E-state index contributed by atoms with van der Waals surface area (Å²) in [5, 5.41) is 2.99. The zero-order valence-electron chi connectivity index (χ0n) is 15.7. The van der Waals surface area contributed by atoms with E-state index < -0.39 is 0 Å². The van der Waals surface area contributed by atoms with Crippen LogP contribution in [0.5, 0.6) is 0 Å². The lowest BCUT2D eigenvalue weighted by Gasteiger charge is -2.27. The number of hydrogen-bond acceptors (Lipinski definition) is 3. The van der Waals surface area contributed by atoms with Crippen molar-refractivity contribution >= 4 is 23.7 Å². The molecule has 2 rings (SSSR count). The molecule has 0 radical (unpaired) electrons. The van der Waals surface area contributed by atoms with Crippen molar-refractivity contribution in [2.45, 2.75) is 44.0 Å². The molecule has 3 amide bonds. The molecule has 1 aliphatic rings. The van der Waals surface area contributed by atoms with Gasteiger partial charge in [0.25, 0.3) is 0 Å². The molecule has 1 heterocycles. The Morgan fingerprint density at radius 2 is 1.64 bits per heavy atom. The summed E-state index contributed by atoms with van der Waals surface area (Å²) < 4.78 is 0. The molecule has 1 N–H and O–H groups in total. The van der Waals surface area contributed by atoms with Gasteiger partial charge in [0.15, 0.2) is 0 Å². The molecular weight excluding hydrogens is 334 g/mol. The predicted molar refractivity (Wildman–Crippen MR) is 103 cm³/mol. The topological polar surface area (TPSA) is 52.7 Å². The number of benzene rings is 1. The number of nitrogens with zero attached hydrogens (tertiary/aromatic N) is 2. The van der Waals surface area contributed by atoms with Gasteiger partial charge in [-0.1, -0.05) is 12.1 Å². The molecular formula is C19H29N3O2S. The molecule has 1 aromatic carbocycles. The molecule has 5 nitrogen and oxygen atoms in total. The maximum atomic E-state index is 12.6. The van der Waals surface area contributed by atoms with E-state index in [1.54, 1.807) is 11.8 Å². The fourth-order valence-corrected chi connectivity index (χ4v) is 3.21. The second-order valence-corrected chi connectivity index (χ2v) is 8.31. The van der Waals surface area contributed by atoms with Gasteiger partial charge in [-0.15, -0.1) is 11.8 Å². The maximum absolute atomic E-state index is 12.6. The third-order valence-electron chi connectivity index (χ3n) is 4.13. The van der Waals surface area contributed by atoms with Crippen LogP contribution in [0.4, 0.5) is 4.79 Å². The van der Waals surface area contributed by atoms with Gasteiger partial charge in [0.2, 0.25) is 5.91 Å². The molecule has 138 valence electrons. The van der Waals surface area contributed by atoms with E-state index in [4.69, 9.17) is 0 Å². The fraction of sp³-hybridized carbons (Fsp3) is 0.579. The lowest BCUT2D eigenvalue weighted by molar-refractivity contribution is -0.130. The highest BCUT2D eigenvalue weighted by atomic mass is 32.2. The summed E-state index contributed by atoms with van der Waals surface area (Å²) >= 11 is 1.70. The third-order valence-corrected chi connectivity index (χ3v) is 4.88. The van der Waals surface area contributed by atoms with Gasteiger partial charge in [0, 0.05) is 36.6 Å². The van der Waals surface area contributed by atoms with Gasteiger partial charge in [-0.05, 0) is 51.1 Å². The fourth-order valence-electron chi connectivity index (χ4n) is 2.80. The molecule has 1 saturated heterocycles. The van der Waals surface area contributed by atoms with E-state index in [9.17, 15) is 9.59 Å². The number of carbonyl (C=O) groups excluding carboxylic acids is 2. The quantitative estimate of drug-likeness (QED) is 0.840. The van der Waals surface area contributed by atoms with Crippen molar-refractivity contribution in [3.8, 4) is 0 Å². The Kier molecular flexibility index (Phi) is 6.76. The van der Waals surface area contributed by atoms with E-state index in [2.05, 4.69) is 5.32 Å². The van der Waals surface area contributed by atoms with Gasteiger partial charge in [-0.3, -0.25) is 4.79 Å². The summed E-state index contributed by atoms with van der Waals surface area (Å²) in [7, 11) is 0. The smallest absolute Gasteiger partial charge is 0.317 e. The van der Waals surface area contributed by atoms with Crippen molar-refractivity contribution in [2.24, 2.45) is 0 Å². The number of nitrogens with one attached hydrogen (secondary N) is 1. The van der Waals surface area contributed by atoms with Crippen molar-refractivity contribution in [1.82, 2.24) is 15.1 Å². The molecule has 0 bridgehead atoms. The summed E-state index contributed by atoms with van der Waals surface area (Å²) in [6.45, 7) is 8.50. The van der Waals surface area contributed by atoms with Crippen LogP contribution in [-0.2, 0) is 11.2 Å². The van der Waals surface area contributed by atoms with Crippen molar-refractivity contribution < 1.29 is 9.59 Å². The van der Waals surface area contributed by atoms with E-state index in [-0.39, 0.29) is 17.5 Å². The van der Waals surface area contributed by atoms with Crippen LogP contribution in [0.25, 0.3) is 0 Å². The average molecular weight is 364 g/mol. The number of rotatable bonds is 3. The van der Waals surface area contributed by atoms with E-state index in [1.807, 2.05) is 61.1 Å². The predicted octanol–water partition coefficient (Wildman–Crippen LogP) is 2.99. The minimum atomic E-state index is -0.248. The van der Waals surface area contributed by atoms with Crippen molar-refractivity contribution in [3.63, 3.8) is 0 Å². The van der Waals surface area contributed by atoms with Crippen LogP contribution >= 0.6 is 11.8 Å². The summed E-state index contributed by atoms with van der Waals surface area (Å²) in [5.74, 6) is 0.134. The van der Waals surface area contributed by atoms with E-state index in [1.165, 1.54) is 4.90 Å². The number of hydrogen-bond donors (Lipinski definition) is 1. The molecule has 0 saturated carbocycles. The highest BCUT2D eigenvalue weighted by Gasteiger charge is 2.24. The largest absolute Gasteiger partial charge is 0.341 e. The molecule has 1 aliphatic heterocycles. The highest BCUT2D eigenvalue weighted by Crippen LogP contribution is 2.16. The lowest BCUT2D eigenvalue weighted by atomic mass is 10.1. The zero-order valence-corrected chi connectivity index (χ0v) is 16.5. The lowest BCUT2D eigenvalue weighted by Crippen LogP contribution is -2.49.